The van der Waals surface area contributed by atoms with Crippen molar-refractivity contribution >= 4 is 22.6 Å². The number of ether oxygens (including phenoxy) is 1. The molecule has 3 nitrogen and oxygen atoms in total. The second-order valence-electron chi connectivity index (χ2n) is 8.27. The Morgan fingerprint density at radius 1 is 0.897 bits per heavy atom. The summed E-state index contributed by atoms with van der Waals surface area (Å²) in [5.41, 5.74) is 4.79. The lowest BCUT2D eigenvalue weighted by atomic mass is 9.87. The lowest BCUT2D eigenvalue weighted by Gasteiger charge is -2.19. The SMILES string of the molecule is CC(C)(C)c1ccc(Cn2c(COc3ccccc3Cl)nc3ccccc32)cc1. The van der Waals surface area contributed by atoms with Crippen molar-refractivity contribution in [3.8, 4) is 5.75 Å². The summed E-state index contributed by atoms with van der Waals surface area (Å²) >= 11 is 6.24. The number of imidazole rings is 1. The summed E-state index contributed by atoms with van der Waals surface area (Å²) in [6.07, 6.45) is 0. The zero-order chi connectivity index (χ0) is 20.4. The van der Waals surface area contributed by atoms with Gasteiger partial charge in [-0.15, -0.1) is 0 Å². The molecule has 0 aliphatic carbocycles. The average Bonchev–Trinajstić information content (AvgIpc) is 3.05. The second kappa shape index (κ2) is 7.92. The Hall–Kier alpha value is -2.78. The zero-order valence-electron chi connectivity index (χ0n) is 17.0. The Balaban J connectivity index is 1.64. The molecule has 0 atom stereocenters. The first kappa shape index (κ1) is 19.5. The molecule has 0 bridgehead atoms. The molecule has 1 aromatic heterocycles. The summed E-state index contributed by atoms with van der Waals surface area (Å²) in [5, 5.41) is 0.605. The molecular weight excluding hydrogens is 380 g/mol. The second-order valence-corrected chi connectivity index (χ2v) is 8.68. The Morgan fingerprint density at radius 2 is 1.59 bits per heavy atom. The fraction of sp³-hybridized carbons (Fsp3) is 0.240. The summed E-state index contributed by atoms with van der Waals surface area (Å²) in [5.74, 6) is 1.55. The number of hydrogen-bond acceptors (Lipinski definition) is 2. The number of fused-ring (bicyclic) bond motifs is 1. The standard InChI is InChI=1S/C25H25ClN2O/c1-25(2,3)19-14-12-18(13-15-19)16-28-22-10-6-5-9-21(22)27-24(28)17-29-23-11-7-4-8-20(23)26/h4-15H,16-17H2,1-3H3. The number of rotatable bonds is 5. The molecule has 0 radical (unpaired) electrons. The van der Waals surface area contributed by atoms with Crippen LogP contribution in [0.25, 0.3) is 11.0 Å². The van der Waals surface area contributed by atoms with E-state index in [9.17, 15) is 0 Å². The van der Waals surface area contributed by atoms with Crippen LogP contribution in [0.2, 0.25) is 5.02 Å². The van der Waals surface area contributed by atoms with Gasteiger partial charge in [0.05, 0.1) is 16.1 Å². The van der Waals surface area contributed by atoms with Crippen LogP contribution >= 0.6 is 11.6 Å². The highest BCUT2D eigenvalue weighted by Crippen LogP contribution is 2.26. The van der Waals surface area contributed by atoms with Gasteiger partial charge in [0, 0.05) is 6.54 Å². The van der Waals surface area contributed by atoms with Crippen molar-refractivity contribution in [2.24, 2.45) is 0 Å². The Morgan fingerprint density at radius 3 is 2.31 bits per heavy atom. The molecule has 29 heavy (non-hydrogen) atoms. The number of aromatic nitrogens is 2. The van der Waals surface area contributed by atoms with Gasteiger partial charge in [-0.3, -0.25) is 0 Å². The smallest absolute Gasteiger partial charge is 0.148 e. The third-order valence-corrected chi connectivity index (χ3v) is 5.40. The number of para-hydroxylation sites is 3. The first-order chi connectivity index (χ1) is 13.9. The van der Waals surface area contributed by atoms with E-state index in [2.05, 4.69) is 55.7 Å². The first-order valence-electron chi connectivity index (χ1n) is 9.83. The minimum atomic E-state index is 0.147. The van der Waals surface area contributed by atoms with Crippen LogP contribution in [-0.4, -0.2) is 9.55 Å². The van der Waals surface area contributed by atoms with Crippen molar-refractivity contribution in [3.05, 3.63) is 94.8 Å². The predicted molar refractivity (Wildman–Crippen MR) is 120 cm³/mol. The third-order valence-electron chi connectivity index (χ3n) is 5.09. The number of nitrogens with zero attached hydrogens (tertiary/aromatic N) is 2. The molecular formula is C25H25ClN2O. The number of hydrogen-bond donors (Lipinski definition) is 0. The van der Waals surface area contributed by atoms with Gasteiger partial charge in [0.25, 0.3) is 0 Å². The molecule has 4 rings (SSSR count). The molecule has 3 aromatic carbocycles. The highest BCUT2D eigenvalue weighted by atomic mass is 35.5. The molecule has 0 spiro atoms. The normalized spacial score (nSPS) is 11.7. The van der Waals surface area contributed by atoms with E-state index in [4.69, 9.17) is 21.3 Å². The van der Waals surface area contributed by atoms with E-state index in [1.54, 1.807) is 0 Å². The molecule has 0 aliphatic heterocycles. The third kappa shape index (κ3) is 4.30. The molecule has 0 fully saturated rings. The summed E-state index contributed by atoms with van der Waals surface area (Å²) < 4.78 is 8.20. The van der Waals surface area contributed by atoms with Gasteiger partial charge in [-0.05, 0) is 40.8 Å². The van der Waals surface area contributed by atoms with Gasteiger partial charge in [-0.25, -0.2) is 4.98 Å². The molecule has 148 valence electrons. The van der Waals surface area contributed by atoms with E-state index in [0.29, 0.717) is 17.4 Å². The van der Waals surface area contributed by atoms with Crippen LogP contribution in [0.4, 0.5) is 0 Å². The fourth-order valence-corrected chi connectivity index (χ4v) is 3.60. The van der Waals surface area contributed by atoms with Crippen molar-refractivity contribution in [2.45, 2.75) is 39.3 Å². The molecule has 0 amide bonds. The van der Waals surface area contributed by atoms with Crippen LogP contribution in [0, 0.1) is 0 Å². The topological polar surface area (TPSA) is 27.1 Å². The molecule has 4 aromatic rings. The van der Waals surface area contributed by atoms with Crippen LogP contribution in [-0.2, 0) is 18.6 Å². The van der Waals surface area contributed by atoms with Crippen molar-refractivity contribution in [1.29, 1.82) is 0 Å². The van der Waals surface area contributed by atoms with Gasteiger partial charge in [-0.1, -0.05) is 80.9 Å². The predicted octanol–water partition coefficient (Wildman–Crippen LogP) is 6.61. The highest BCUT2D eigenvalue weighted by Gasteiger charge is 2.15. The van der Waals surface area contributed by atoms with Gasteiger partial charge in [0.1, 0.15) is 18.2 Å². The lowest BCUT2D eigenvalue weighted by molar-refractivity contribution is 0.291. The minimum Gasteiger partial charge on any atom is -0.484 e. The lowest BCUT2D eigenvalue weighted by Crippen LogP contribution is -2.12. The molecule has 0 N–H and O–H groups in total. The largest absolute Gasteiger partial charge is 0.484 e. The van der Waals surface area contributed by atoms with Crippen molar-refractivity contribution in [1.82, 2.24) is 9.55 Å². The van der Waals surface area contributed by atoms with Crippen LogP contribution in [0.5, 0.6) is 5.75 Å². The van der Waals surface area contributed by atoms with E-state index < -0.39 is 0 Å². The number of halogens is 1. The van der Waals surface area contributed by atoms with Crippen molar-refractivity contribution < 1.29 is 4.74 Å². The molecule has 0 aliphatic rings. The maximum atomic E-state index is 6.24. The molecule has 0 saturated heterocycles. The molecule has 0 unspecified atom stereocenters. The van der Waals surface area contributed by atoms with Crippen molar-refractivity contribution in [3.63, 3.8) is 0 Å². The van der Waals surface area contributed by atoms with Gasteiger partial charge in [0.2, 0.25) is 0 Å². The Bertz CT molecular complexity index is 1120. The maximum Gasteiger partial charge on any atom is 0.148 e. The molecule has 1 heterocycles. The van der Waals surface area contributed by atoms with Crippen LogP contribution in [0.15, 0.2) is 72.8 Å². The van der Waals surface area contributed by atoms with E-state index in [-0.39, 0.29) is 5.41 Å². The van der Waals surface area contributed by atoms with Crippen LogP contribution < -0.4 is 4.74 Å². The summed E-state index contributed by atoms with van der Waals surface area (Å²) in [7, 11) is 0. The maximum absolute atomic E-state index is 6.24. The summed E-state index contributed by atoms with van der Waals surface area (Å²) in [6, 6.07) is 24.5. The van der Waals surface area contributed by atoms with E-state index in [1.807, 2.05) is 42.5 Å². The van der Waals surface area contributed by atoms with Gasteiger partial charge in [-0.2, -0.15) is 0 Å². The first-order valence-corrected chi connectivity index (χ1v) is 10.2. The summed E-state index contributed by atoms with van der Waals surface area (Å²) in [4.78, 5) is 4.81. The van der Waals surface area contributed by atoms with Gasteiger partial charge in [0.15, 0.2) is 0 Å². The zero-order valence-corrected chi connectivity index (χ0v) is 17.8. The molecule has 4 heteroatoms. The van der Waals surface area contributed by atoms with Gasteiger partial charge >= 0.3 is 0 Å². The highest BCUT2D eigenvalue weighted by molar-refractivity contribution is 6.32. The van der Waals surface area contributed by atoms with Crippen LogP contribution in [0.3, 0.4) is 0 Å². The van der Waals surface area contributed by atoms with Crippen molar-refractivity contribution in [2.75, 3.05) is 0 Å². The van der Waals surface area contributed by atoms with Crippen LogP contribution in [0.1, 0.15) is 37.7 Å². The minimum absolute atomic E-state index is 0.147. The summed E-state index contributed by atoms with van der Waals surface area (Å²) in [6.45, 7) is 7.80. The van der Waals surface area contributed by atoms with Gasteiger partial charge < -0.3 is 9.30 Å². The monoisotopic (exact) mass is 404 g/mol. The average molecular weight is 405 g/mol. The molecule has 0 saturated carbocycles. The Kier molecular flexibility index (Phi) is 5.33. The fourth-order valence-electron chi connectivity index (χ4n) is 3.41. The quantitative estimate of drug-likeness (QED) is 0.374. The van der Waals surface area contributed by atoms with E-state index in [1.165, 1.54) is 11.1 Å². The number of benzene rings is 3. The Labute approximate surface area is 176 Å². The van der Waals surface area contributed by atoms with E-state index in [0.717, 1.165) is 23.4 Å². The van der Waals surface area contributed by atoms with E-state index >= 15 is 0 Å².